The molecule has 1 aliphatic heterocycles. The minimum absolute atomic E-state index is 0.0312. The average Bonchev–Trinajstić information content (AvgIpc) is 2.11. The molecule has 1 heterocycles. The molecule has 0 spiro atoms. The summed E-state index contributed by atoms with van der Waals surface area (Å²) in [5, 5.41) is 0. The zero-order chi connectivity index (χ0) is 11.9. The van der Waals surface area contributed by atoms with Crippen molar-refractivity contribution < 1.29 is 13.5 Å². The smallest absolute Gasteiger partial charge is 0.250 e. The van der Waals surface area contributed by atoms with Crippen molar-refractivity contribution in [3.8, 4) is 0 Å². The Hall–Kier alpha value is -0.220. The van der Waals surface area contributed by atoms with E-state index < -0.39 is 5.92 Å². The summed E-state index contributed by atoms with van der Waals surface area (Å²) in [5.41, 5.74) is 0. The van der Waals surface area contributed by atoms with Gasteiger partial charge in [-0.05, 0) is 27.8 Å². The highest BCUT2D eigenvalue weighted by Crippen LogP contribution is 2.26. The van der Waals surface area contributed by atoms with Gasteiger partial charge in [0.25, 0.3) is 5.92 Å². The van der Waals surface area contributed by atoms with Gasteiger partial charge in [-0.15, -0.1) is 0 Å². The first kappa shape index (κ1) is 14.8. The first-order chi connectivity index (χ1) is 6.87. The molecule has 0 saturated carbocycles. The SMILES string of the molecule is CCOC(C)C.CN1CCC(F)(F)CC1. The van der Waals surface area contributed by atoms with Crippen molar-refractivity contribution in [3.63, 3.8) is 0 Å². The molecule has 1 aliphatic rings. The van der Waals surface area contributed by atoms with Crippen molar-refractivity contribution in [3.05, 3.63) is 0 Å². The topological polar surface area (TPSA) is 12.5 Å². The van der Waals surface area contributed by atoms with E-state index in [1.54, 1.807) is 0 Å². The van der Waals surface area contributed by atoms with Crippen molar-refractivity contribution in [1.29, 1.82) is 0 Å². The summed E-state index contributed by atoms with van der Waals surface area (Å²) >= 11 is 0. The molecule has 0 atom stereocenters. The predicted octanol–water partition coefficient (Wildman–Crippen LogP) is 2.78. The zero-order valence-corrected chi connectivity index (χ0v) is 10.2. The van der Waals surface area contributed by atoms with Gasteiger partial charge in [0.15, 0.2) is 0 Å². The van der Waals surface area contributed by atoms with Gasteiger partial charge in [-0.1, -0.05) is 0 Å². The number of rotatable bonds is 2. The molecule has 2 nitrogen and oxygen atoms in total. The van der Waals surface area contributed by atoms with Gasteiger partial charge in [0.05, 0.1) is 6.10 Å². The number of nitrogens with zero attached hydrogens (tertiary/aromatic N) is 1. The van der Waals surface area contributed by atoms with Gasteiger partial charge in [-0.3, -0.25) is 0 Å². The lowest BCUT2D eigenvalue weighted by molar-refractivity contribution is -0.0504. The lowest BCUT2D eigenvalue weighted by atomic mass is 10.1. The van der Waals surface area contributed by atoms with Crippen LogP contribution in [0.25, 0.3) is 0 Å². The second-order valence-electron chi connectivity index (χ2n) is 4.16. The van der Waals surface area contributed by atoms with E-state index in [9.17, 15) is 8.78 Å². The van der Waals surface area contributed by atoms with Crippen LogP contribution in [0.15, 0.2) is 0 Å². The standard InChI is InChI=1S/C6H11F2N.C5H12O/c1-9-4-2-6(7,8)3-5-9;1-4-6-5(2)3/h2-5H2,1H3;5H,4H2,1-3H3. The van der Waals surface area contributed by atoms with Crippen molar-refractivity contribution in [2.24, 2.45) is 0 Å². The molecule has 0 aromatic rings. The summed E-state index contributed by atoms with van der Waals surface area (Å²) in [4.78, 5) is 1.93. The number of hydrogen-bond acceptors (Lipinski definition) is 2. The third-order valence-corrected chi connectivity index (χ3v) is 2.22. The van der Waals surface area contributed by atoms with Gasteiger partial charge in [-0.2, -0.15) is 0 Å². The third-order valence-electron chi connectivity index (χ3n) is 2.22. The molecule has 0 unspecified atom stereocenters. The van der Waals surface area contributed by atoms with Crippen LogP contribution < -0.4 is 0 Å². The van der Waals surface area contributed by atoms with E-state index in [0.717, 1.165) is 6.61 Å². The van der Waals surface area contributed by atoms with Gasteiger partial charge in [0, 0.05) is 32.5 Å². The maximum Gasteiger partial charge on any atom is 0.250 e. The fourth-order valence-electron chi connectivity index (χ4n) is 1.28. The molecule has 4 heteroatoms. The molecule has 0 aromatic carbocycles. The van der Waals surface area contributed by atoms with E-state index in [1.807, 2.05) is 32.7 Å². The van der Waals surface area contributed by atoms with E-state index in [2.05, 4.69) is 0 Å². The first-order valence-corrected chi connectivity index (χ1v) is 5.55. The van der Waals surface area contributed by atoms with Crippen molar-refractivity contribution >= 4 is 0 Å². The molecule has 15 heavy (non-hydrogen) atoms. The van der Waals surface area contributed by atoms with E-state index in [-0.39, 0.29) is 12.8 Å². The molecule has 92 valence electrons. The second-order valence-corrected chi connectivity index (χ2v) is 4.16. The number of piperidine rings is 1. The summed E-state index contributed by atoms with van der Waals surface area (Å²) in [7, 11) is 1.87. The molecule has 0 radical (unpaired) electrons. The summed E-state index contributed by atoms with van der Waals surface area (Å²) in [5.74, 6) is -2.38. The molecular weight excluding hydrogens is 200 g/mol. The molecule has 0 bridgehead atoms. The van der Waals surface area contributed by atoms with Gasteiger partial charge in [-0.25, -0.2) is 8.78 Å². The Labute approximate surface area is 91.6 Å². The van der Waals surface area contributed by atoms with Crippen LogP contribution in [0, 0.1) is 0 Å². The van der Waals surface area contributed by atoms with Crippen LogP contribution in [0.2, 0.25) is 0 Å². The van der Waals surface area contributed by atoms with Crippen molar-refractivity contribution in [2.45, 2.75) is 45.6 Å². The predicted molar refractivity (Wildman–Crippen MR) is 58.4 cm³/mol. The van der Waals surface area contributed by atoms with Gasteiger partial charge in [0.2, 0.25) is 0 Å². The Kier molecular flexibility index (Phi) is 7.02. The van der Waals surface area contributed by atoms with Crippen LogP contribution >= 0.6 is 0 Å². The minimum Gasteiger partial charge on any atom is -0.379 e. The van der Waals surface area contributed by atoms with Crippen LogP contribution in [0.1, 0.15) is 33.6 Å². The maximum absolute atomic E-state index is 12.4. The van der Waals surface area contributed by atoms with Gasteiger partial charge < -0.3 is 9.64 Å². The van der Waals surface area contributed by atoms with E-state index >= 15 is 0 Å². The van der Waals surface area contributed by atoms with Crippen LogP contribution in [-0.4, -0.2) is 43.7 Å². The van der Waals surface area contributed by atoms with E-state index in [0.29, 0.717) is 19.2 Å². The summed E-state index contributed by atoms with van der Waals surface area (Å²) in [6.07, 6.45) is 0.461. The molecule has 1 fully saturated rings. The number of ether oxygens (including phenoxy) is 1. The monoisotopic (exact) mass is 223 g/mol. The average molecular weight is 223 g/mol. The third kappa shape index (κ3) is 8.75. The summed E-state index contributed by atoms with van der Waals surface area (Å²) in [6.45, 7) is 7.96. The van der Waals surface area contributed by atoms with Crippen LogP contribution in [0.5, 0.6) is 0 Å². The van der Waals surface area contributed by atoms with Crippen LogP contribution in [0.4, 0.5) is 8.78 Å². The van der Waals surface area contributed by atoms with Crippen molar-refractivity contribution in [2.75, 3.05) is 26.7 Å². The number of alkyl halides is 2. The Bertz CT molecular complexity index is 153. The molecule has 0 amide bonds. The summed E-state index contributed by atoms with van der Waals surface area (Å²) in [6, 6.07) is 0. The van der Waals surface area contributed by atoms with Crippen molar-refractivity contribution in [1.82, 2.24) is 4.90 Å². The van der Waals surface area contributed by atoms with Gasteiger partial charge in [0.1, 0.15) is 0 Å². The maximum atomic E-state index is 12.4. The van der Waals surface area contributed by atoms with Crippen LogP contribution in [0.3, 0.4) is 0 Å². The highest BCUT2D eigenvalue weighted by molar-refractivity contribution is 4.75. The van der Waals surface area contributed by atoms with Crippen LogP contribution in [-0.2, 0) is 4.74 Å². The van der Waals surface area contributed by atoms with E-state index in [1.165, 1.54) is 0 Å². The lowest BCUT2D eigenvalue weighted by Crippen LogP contribution is -2.36. The lowest BCUT2D eigenvalue weighted by Gasteiger charge is -2.28. The quantitative estimate of drug-likeness (QED) is 0.713. The molecular formula is C11H23F2NO. The summed E-state index contributed by atoms with van der Waals surface area (Å²) < 4.78 is 29.7. The first-order valence-electron chi connectivity index (χ1n) is 5.55. The zero-order valence-electron chi connectivity index (χ0n) is 10.2. The molecule has 1 rings (SSSR count). The van der Waals surface area contributed by atoms with E-state index in [4.69, 9.17) is 4.74 Å². The number of likely N-dealkylation sites (tertiary alicyclic amines) is 1. The van der Waals surface area contributed by atoms with Gasteiger partial charge >= 0.3 is 0 Å². The largest absolute Gasteiger partial charge is 0.379 e. The minimum atomic E-state index is -2.38. The number of hydrogen-bond donors (Lipinski definition) is 0. The molecule has 0 N–H and O–H groups in total. The highest BCUT2D eigenvalue weighted by Gasteiger charge is 2.32. The Morgan fingerprint density at radius 2 is 1.73 bits per heavy atom. The molecule has 0 aliphatic carbocycles. The fourth-order valence-corrected chi connectivity index (χ4v) is 1.28. The Balaban J connectivity index is 0.000000288. The second kappa shape index (κ2) is 7.12. The Morgan fingerprint density at radius 1 is 1.27 bits per heavy atom. The Morgan fingerprint density at radius 3 is 1.93 bits per heavy atom. The number of halogens is 2. The fraction of sp³-hybridized carbons (Fsp3) is 1.00. The molecule has 1 saturated heterocycles. The highest BCUT2D eigenvalue weighted by atomic mass is 19.3. The molecule has 0 aromatic heterocycles. The normalized spacial score (nSPS) is 21.0.